The number of rotatable bonds is 4. The summed E-state index contributed by atoms with van der Waals surface area (Å²) in [7, 11) is -0.727. The van der Waals surface area contributed by atoms with Crippen LogP contribution in [0.15, 0.2) is 54.9 Å². The Balaban J connectivity index is 1.55. The number of amides is 1. The largest absolute Gasteiger partial charge is 0.325 e. The molecule has 4 rings (SSSR count). The van der Waals surface area contributed by atoms with Gasteiger partial charge in [0, 0.05) is 37.6 Å². The van der Waals surface area contributed by atoms with Crippen molar-refractivity contribution in [3.8, 4) is 11.1 Å². The number of anilines is 1. The minimum atomic E-state index is -3.90. The van der Waals surface area contributed by atoms with Gasteiger partial charge in [-0.1, -0.05) is 35.9 Å². The summed E-state index contributed by atoms with van der Waals surface area (Å²) in [5.74, 6) is -1.14. The number of aromatic nitrogens is 2. The fourth-order valence-electron chi connectivity index (χ4n) is 3.60. The Morgan fingerprint density at radius 3 is 2.53 bits per heavy atom. The number of carbonyl (C=O) groups excluding carboxylic acids is 1. The number of hydrogen-bond donors (Lipinski definition) is 2. The normalized spacial score (nSPS) is 20.8. The number of likely N-dealkylation sites (N-methyl/N-ethyl adjacent to an activating group) is 1. The van der Waals surface area contributed by atoms with Crippen LogP contribution in [0.1, 0.15) is 18.0 Å². The van der Waals surface area contributed by atoms with Crippen LogP contribution in [-0.4, -0.2) is 41.5 Å². The van der Waals surface area contributed by atoms with Crippen molar-refractivity contribution in [2.45, 2.75) is 18.5 Å². The van der Waals surface area contributed by atoms with Gasteiger partial charge in [0.2, 0.25) is 5.91 Å². The van der Waals surface area contributed by atoms with E-state index < -0.39 is 34.0 Å². The van der Waals surface area contributed by atoms with Crippen molar-refractivity contribution in [3.63, 3.8) is 0 Å². The molecule has 1 amide bonds. The van der Waals surface area contributed by atoms with Crippen molar-refractivity contribution in [1.82, 2.24) is 18.8 Å². The Morgan fingerprint density at radius 2 is 1.91 bits per heavy atom. The Labute approximate surface area is 190 Å². The molecule has 0 unspecified atom stereocenters. The lowest BCUT2D eigenvalue weighted by molar-refractivity contribution is -0.120. The number of aryl methyl sites for hydroxylation is 1. The summed E-state index contributed by atoms with van der Waals surface area (Å²) >= 11 is 5.77. The standard InChI is InChI=1S/C21H21ClFN5O3S/c1-27-12-15(11-24-27)13-3-5-14(6-4-13)19-10-20(28(2)32(30,31)26-19)21(29)25-16-7-8-18(23)17(22)9-16/h3-9,11-12,19-20,26H,10H2,1-2H3,(H,25,29)/t19-,20+/m0/s1. The molecule has 3 aromatic rings. The zero-order valence-electron chi connectivity index (χ0n) is 17.3. The van der Waals surface area contributed by atoms with E-state index in [-0.39, 0.29) is 17.1 Å². The zero-order chi connectivity index (χ0) is 23.0. The highest BCUT2D eigenvalue weighted by Crippen LogP contribution is 2.30. The van der Waals surface area contributed by atoms with Crippen molar-refractivity contribution in [2.24, 2.45) is 7.05 Å². The summed E-state index contributed by atoms with van der Waals surface area (Å²) in [6, 6.07) is 9.64. The molecule has 8 nitrogen and oxygen atoms in total. The predicted octanol–water partition coefficient (Wildman–Crippen LogP) is 3.10. The second-order valence-electron chi connectivity index (χ2n) is 7.59. The third kappa shape index (κ3) is 4.53. The predicted molar refractivity (Wildman–Crippen MR) is 120 cm³/mol. The van der Waals surface area contributed by atoms with E-state index in [1.165, 1.54) is 19.2 Å². The molecule has 11 heteroatoms. The Bertz CT molecular complexity index is 1260. The number of halogens is 2. The van der Waals surface area contributed by atoms with Gasteiger partial charge >= 0.3 is 0 Å². The minimum absolute atomic E-state index is 0.138. The van der Waals surface area contributed by atoms with Crippen LogP contribution >= 0.6 is 11.6 Å². The number of hydrogen-bond acceptors (Lipinski definition) is 4. The average Bonchev–Trinajstić information content (AvgIpc) is 3.19. The summed E-state index contributed by atoms with van der Waals surface area (Å²) < 4.78 is 44.1. The van der Waals surface area contributed by atoms with Crippen LogP contribution in [0.2, 0.25) is 5.02 Å². The van der Waals surface area contributed by atoms with Crippen LogP contribution in [0, 0.1) is 5.82 Å². The summed E-state index contributed by atoms with van der Waals surface area (Å²) in [4.78, 5) is 12.9. The lowest BCUT2D eigenvalue weighted by atomic mass is 9.97. The number of nitrogens with zero attached hydrogens (tertiary/aromatic N) is 3. The maximum atomic E-state index is 13.4. The van der Waals surface area contributed by atoms with Gasteiger partial charge in [0.15, 0.2) is 0 Å². The molecule has 32 heavy (non-hydrogen) atoms. The molecule has 0 radical (unpaired) electrons. The lowest BCUT2D eigenvalue weighted by Crippen LogP contribution is -2.55. The average molecular weight is 478 g/mol. The van der Waals surface area contributed by atoms with Gasteiger partial charge in [-0.05, 0) is 35.7 Å². The van der Waals surface area contributed by atoms with Gasteiger partial charge in [0.1, 0.15) is 11.9 Å². The maximum Gasteiger partial charge on any atom is 0.280 e. The quantitative estimate of drug-likeness (QED) is 0.603. The molecule has 168 valence electrons. The molecule has 1 aliphatic heterocycles. The van der Waals surface area contributed by atoms with E-state index in [4.69, 9.17) is 11.6 Å². The van der Waals surface area contributed by atoms with Crippen molar-refractivity contribution in [1.29, 1.82) is 0 Å². The summed E-state index contributed by atoms with van der Waals surface area (Å²) in [6.45, 7) is 0. The molecule has 2 atom stereocenters. The third-order valence-corrected chi connectivity index (χ3v) is 7.29. The van der Waals surface area contributed by atoms with Crippen molar-refractivity contribution in [2.75, 3.05) is 12.4 Å². The fraction of sp³-hybridized carbons (Fsp3) is 0.238. The van der Waals surface area contributed by atoms with E-state index in [0.29, 0.717) is 0 Å². The molecule has 1 fully saturated rings. The van der Waals surface area contributed by atoms with Crippen LogP contribution in [0.5, 0.6) is 0 Å². The van der Waals surface area contributed by atoms with E-state index in [1.54, 1.807) is 10.9 Å². The van der Waals surface area contributed by atoms with Crippen LogP contribution in [0.25, 0.3) is 11.1 Å². The Morgan fingerprint density at radius 1 is 1.19 bits per heavy atom. The van der Waals surface area contributed by atoms with Crippen LogP contribution in [-0.2, 0) is 22.1 Å². The maximum absolute atomic E-state index is 13.4. The summed E-state index contributed by atoms with van der Waals surface area (Å²) in [6.07, 6.45) is 3.84. The minimum Gasteiger partial charge on any atom is -0.325 e. The highest BCUT2D eigenvalue weighted by molar-refractivity contribution is 7.87. The topological polar surface area (TPSA) is 96.3 Å². The van der Waals surface area contributed by atoms with Crippen LogP contribution in [0.4, 0.5) is 10.1 Å². The van der Waals surface area contributed by atoms with Gasteiger partial charge in [-0.3, -0.25) is 9.48 Å². The molecule has 0 spiro atoms. The summed E-state index contributed by atoms with van der Waals surface area (Å²) in [5.41, 5.74) is 2.90. The van der Waals surface area contributed by atoms with Crippen molar-refractivity contribution >= 4 is 33.4 Å². The SMILES string of the molecule is CN1[C@@H](C(=O)Nc2ccc(F)c(Cl)c2)C[C@@H](c2ccc(-c3cnn(C)c3)cc2)NS1(=O)=O. The molecule has 2 aromatic carbocycles. The van der Waals surface area contributed by atoms with E-state index in [9.17, 15) is 17.6 Å². The van der Waals surface area contributed by atoms with Gasteiger partial charge in [0.25, 0.3) is 10.2 Å². The molecule has 2 N–H and O–H groups in total. The highest BCUT2D eigenvalue weighted by atomic mass is 35.5. The van der Waals surface area contributed by atoms with Crippen LogP contribution < -0.4 is 10.0 Å². The molecule has 0 bridgehead atoms. The Hall–Kier alpha value is -2.79. The van der Waals surface area contributed by atoms with Crippen molar-refractivity contribution in [3.05, 3.63) is 71.3 Å². The van der Waals surface area contributed by atoms with Gasteiger partial charge in [0.05, 0.1) is 11.2 Å². The molecular weight excluding hydrogens is 457 g/mol. The van der Waals surface area contributed by atoms with Gasteiger partial charge in [-0.2, -0.15) is 22.5 Å². The highest BCUT2D eigenvalue weighted by Gasteiger charge is 2.40. The first kappa shape index (κ1) is 22.4. The smallest absolute Gasteiger partial charge is 0.280 e. The zero-order valence-corrected chi connectivity index (χ0v) is 18.9. The molecule has 1 aliphatic rings. The van der Waals surface area contributed by atoms with Gasteiger partial charge < -0.3 is 5.32 Å². The first-order chi connectivity index (χ1) is 15.1. The lowest BCUT2D eigenvalue weighted by Gasteiger charge is -2.36. The number of nitrogens with one attached hydrogen (secondary N) is 2. The molecular formula is C21H21ClFN5O3S. The first-order valence-electron chi connectivity index (χ1n) is 9.74. The van der Waals surface area contributed by atoms with E-state index >= 15 is 0 Å². The Kier molecular flexibility index (Phi) is 6.04. The summed E-state index contributed by atoms with van der Waals surface area (Å²) in [5, 5.41) is 6.63. The second-order valence-corrected chi connectivity index (χ2v) is 9.76. The van der Waals surface area contributed by atoms with E-state index in [1.807, 2.05) is 37.5 Å². The fourth-order valence-corrected chi connectivity index (χ4v) is 5.06. The first-order valence-corrected chi connectivity index (χ1v) is 11.6. The monoisotopic (exact) mass is 477 g/mol. The van der Waals surface area contributed by atoms with Crippen LogP contribution in [0.3, 0.4) is 0 Å². The van der Waals surface area contributed by atoms with E-state index in [0.717, 1.165) is 27.1 Å². The molecule has 0 aliphatic carbocycles. The molecule has 1 aromatic heterocycles. The molecule has 2 heterocycles. The molecule has 0 saturated carbocycles. The molecule has 1 saturated heterocycles. The van der Waals surface area contributed by atoms with Crippen molar-refractivity contribution < 1.29 is 17.6 Å². The van der Waals surface area contributed by atoms with Gasteiger partial charge in [-0.25, -0.2) is 4.39 Å². The second kappa shape index (κ2) is 8.62. The number of benzene rings is 2. The van der Waals surface area contributed by atoms with Gasteiger partial charge in [-0.15, -0.1) is 0 Å². The van der Waals surface area contributed by atoms with E-state index in [2.05, 4.69) is 15.1 Å². The number of carbonyl (C=O) groups is 1. The third-order valence-electron chi connectivity index (χ3n) is 5.41.